The van der Waals surface area contributed by atoms with E-state index in [4.69, 9.17) is 0 Å². The molecule has 0 aliphatic rings. The minimum Gasteiger partial charge on any atom is -0.383 e. The molecule has 0 saturated heterocycles. The molecular formula is C11H15BN2O2. The molecule has 0 unspecified atom stereocenters. The van der Waals surface area contributed by atoms with Gasteiger partial charge in [-0.05, 0) is 25.3 Å². The lowest BCUT2D eigenvalue weighted by Gasteiger charge is -2.06. The number of hydrogen-bond donors (Lipinski definition) is 0. The van der Waals surface area contributed by atoms with Gasteiger partial charge in [0.2, 0.25) is 0 Å². The van der Waals surface area contributed by atoms with E-state index in [2.05, 4.69) is 0 Å². The topological polar surface area (TPSA) is 46.4 Å². The van der Waals surface area contributed by atoms with Gasteiger partial charge in [-0.3, -0.25) is 10.1 Å². The molecule has 5 heteroatoms. The van der Waals surface area contributed by atoms with Gasteiger partial charge >= 0.3 is 0 Å². The van der Waals surface area contributed by atoms with Crippen LogP contribution in [0.4, 0.5) is 5.69 Å². The van der Waals surface area contributed by atoms with Gasteiger partial charge in [-0.25, -0.2) is 0 Å². The Labute approximate surface area is 96.1 Å². The molecule has 0 heterocycles. The smallest absolute Gasteiger partial charge is 0.276 e. The summed E-state index contributed by atoms with van der Waals surface area (Å²) in [5.41, 5.74) is 2.79. The number of aryl methyl sites for hydroxylation is 1. The predicted molar refractivity (Wildman–Crippen MR) is 68.7 cm³/mol. The summed E-state index contributed by atoms with van der Waals surface area (Å²) < 4.78 is 0. The van der Waals surface area contributed by atoms with Gasteiger partial charge < -0.3 is 4.90 Å². The van der Waals surface area contributed by atoms with E-state index in [9.17, 15) is 10.1 Å². The summed E-state index contributed by atoms with van der Waals surface area (Å²) in [6.45, 7) is 1.95. The minimum atomic E-state index is -0.345. The van der Waals surface area contributed by atoms with E-state index in [-0.39, 0.29) is 10.6 Å². The van der Waals surface area contributed by atoms with Crippen LogP contribution in [-0.2, 0) is 0 Å². The van der Waals surface area contributed by atoms with E-state index in [1.54, 1.807) is 18.3 Å². The maximum absolute atomic E-state index is 10.9. The van der Waals surface area contributed by atoms with Crippen LogP contribution in [0.15, 0.2) is 18.3 Å². The Morgan fingerprint density at radius 2 is 2.06 bits per heavy atom. The molecule has 4 nitrogen and oxygen atoms in total. The van der Waals surface area contributed by atoms with Crippen molar-refractivity contribution in [2.24, 2.45) is 0 Å². The van der Waals surface area contributed by atoms with Crippen molar-refractivity contribution in [3.05, 3.63) is 39.6 Å². The van der Waals surface area contributed by atoms with Crippen LogP contribution in [0.5, 0.6) is 0 Å². The first-order valence-electron chi connectivity index (χ1n) is 5.02. The first-order chi connectivity index (χ1) is 7.41. The normalized spacial score (nSPS) is 10.7. The second-order valence-electron chi connectivity index (χ2n) is 4.03. The maximum Gasteiger partial charge on any atom is 0.276 e. The Bertz CT molecular complexity index is 442. The second-order valence-corrected chi connectivity index (χ2v) is 4.03. The molecule has 1 aromatic carbocycles. The fourth-order valence-electron chi connectivity index (χ4n) is 1.34. The number of nitro groups is 1. The standard InChI is InChI=1S/C11H15BN2O2/c1-8-6-9(4-5-13(2)3)11(14(15)16)7-10(8)12/h4-7H,12H2,1-3H3/b5-4+. The first kappa shape index (κ1) is 12.3. The van der Waals surface area contributed by atoms with Crippen LogP contribution >= 0.6 is 0 Å². The molecule has 16 heavy (non-hydrogen) atoms. The zero-order chi connectivity index (χ0) is 12.3. The number of hydrogen-bond acceptors (Lipinski definition) is 3. The highest BCUT2D eigenvalue weighted by Gasteiger charge is 2.12. The summed E-state index contributed by atoms with van der Waals surface area (Å²) in [5, 5.41) is 10.9. The molecule has 0 saturated carbocycles. The number of rotatable bonds is 3. The van der Waals surface area contributed by atoms with Gasteiger partial charge in [-0.1, -0.05) is 11.0 Å². The molecule has 0 aromatic heterocycles. The zero-order valence-corrected chi connectivity index (χ0v) is 10.0. The number of benzene rings is 1. The zero-order valence-electron chi connectivity index (χ0n) is 10.0. The first-order valence-corrected chi connectivity index (χ1v) is 5.02. The van der Waals surface area contributed by atoms with E-state index in [0.717, 1.165) is 11.0 Å². The van der Waals surface area contributed by atoms with Crippen molar-refractivity contribution in [2.45, 2.75) is 6.92 Å². The van der Waals surface area contributed by atoms with Crippen molar-refractivity contribution >= 4 is 25.1 Å². The average Bonchev–Trinajstić information content (AvgIpc) is 2.18. The second kappa shape index (κ2) is 4.83. The quantitative estimate of drug-likeness (QED) is 0.426. The lowest BCUT2D eigenvalue weighted by atomic mass is 9.89. The SMILES string of the molecule is Bc1cc([N+](=O)[O-])c(/C=C/N(C)C)cc1C. The van der Waals surface area contributed by atoms with Crippen molar-refractivity contribution in [2.75, 3.05) is 14.1 Å². The Hall–Kier alpha value is -1.78. The van der Waals surface area contributed by atoms with E-state index in [1.807, 2.05) is 39.8 Å². The van der Waals surface area contributed by atoms with Gasteiger partial charge in [0.25, 0.3) is 5.69 Å². The minimum absolute atomic E-state index is 0.154. The average molecular weight is 218 g/mol. The maximum atomic E-state index is 10.9. The van der Waals surface area contributed by atoms with Crippen LogP contribution in [0.3, 0.4) is 0 Å². The third kappa shape index (κ3) is 2.86. The highest BCUT2D eigenvalue weighted by Crippen LogP contribution is 2.19. The summed E-state index contributed by atoms with van der Waals surface area (Å²) in [4.78, 5) is 12.4. The summed E-state index contributed by atoms with van der Waals surface area (Å²) in [7, 11) is 5.63. The van der Waals surface area contributed by atoms with Crippen molar-refractivity contribution in [3.8, 4) is 0 Å². The summed E-state index contributed by atoms with van der Waals surface area (Å²) in [6.07, 6.45) is 3.56. The van der Waals surface area contributed by atoms with Crippen LogP contribution in [-0.4, -0.2) is 31.8 Å². The van der Waals surface area contributed by atoms with Gasteiger partial charge in [-0.2, -0.15) is 0 Å². The van der Waals surface area contributed by atoms with E-state index in [1.165, 1.54) is 0 Å². The van der Waals surface area contributed by atoms with Crippen molar-refractivity contribution in [3.63, 3.8) is 0 Å². The third-order valence-electron chi connectivity index (χ3n) is 2.39. The monoisotopic (exact) mass is 218 g/mol. The lowest BCUT2D eigenvalue weighted by molar-refractivity contribution is -0.385. The summed E-state index contributed by atoms with van der Waals surface area (Å²) in [6, 6.07) is 3.46. The fraction of sp³-hybridized carbons (Fsp3) is 0.273. The van der Waals surface area contributed by atoms with Gasteiger partial charge in [0.05, 0.1) is 10.5 Å². The molecule has 0 N–H and O–H groups in total. The molecule has 0 radical (unpaired) electrons. The van der Waals surface area contributed by atoms with E-state index in [0.29, 0.717) is 5.56 Å². The molecule has 1 rings (SSSR count). The molecule has 0 amide bonds. The molecular weight excluding hydrogens is 203 g/mol. The molecule has 1 aromatic rings. The van der Waals surface area contributed by atoms with Crippen molar-refractivity contribution in [1.29, 1.82) is 0 Å². The Balaban J connectivity index is 3.25. The molecule has 0 fully saturated rings. The molecule has 0 aliphatic carbocycles. The van der Waals surface area contributed by atoms with Crippen LogP contribution in [0, 0.1) is 17.0 Å². The number of nitro benzene ring substituents is 1. The molecule has 84 valence electrons. The highest BCUT2D eigenvalue weighted by molar-refractivity contribution is 6.33. The van der Waals surface area contributed by atoms with Crippen LogP contribution in [0.25, 0.3) is 6.08 Å². The summed E-state index contributed by atoms with van der Waals surface area (Å²) >= 11 is 0. The third-order valence-corrected chi connectivity index (χ3v) is 2.39. The van der Waals surface area contributed by atoms with E-state index >= 15 is 0 Å². The lowest BCUT2D eigenvalue weighted by Crippen LogP contribution is -2.09. The van der Waals surface area contributed by atoms with Gasteiger partial charge in [0.15, 0.2) is 0 Å². The van der Waals surface area contributed by atoms with Crippen LogP contribution in [0.1, 0.15) is 11.1 Å². The van der Waals surface area contributed by atoms with E-state index < -0.39 is 0 Å². The largest absolute Gasteiger partial charge is 0.383 e. The van der Waals surface area contributed by atoms with Crippen molar-refractivity contribution < 1.29 is 4.92 Å². The fourth-order valence-corrected chi connectivity index (χ4v) is 1.34. The molecule has 0 spiro atoms. The van der Waals surface area contributed by atoms with Crippen LogP contribution in [0.2, 0.25) is 0 Å². The van der Waals surface area contributed by atoms with Gasteiger partial charge in [-0.15, -0.1) is 0 Å². The number of nitrogens with zero attached hydrogens (tertiary/aromatic N) is 2. The van der Waals surface area contributed by atoms with Gasteiger partial charge in [0.1, 0.15) is 7.85 Å². The Kier molecular flexibility index (Phi) is 3.71. The van der Waals surface area contributed by atoms with Crippen molar-refractivity contribution in [1.82, 2.24) is 4.90 Å². The predicted octanol–water partition coefficient (Wildman–Crippen LogP) is 0.694. The summed E-state index contributed by atoms with van der Waals surface area (Å²) in [5.74, 6) is 0. The van der Waals surface area contributed by atoms with Gasteiger partial charge in [0, 0.05) is 20.2 Å². The van der Waals surface area contributed by atoms with Crippen LogP contribution < -0.4 is 5.46 Å². The Morgan fingerprint density at radius 1 is 1.44 bits per heavy atom. The highest BCUT2D eigenvalue weighted by atomic mass is 16.6. The molecule has 0 bridgehead atoms. The molecule has 0 aliphatic heterocycles. The molecule has 0 atom stereocenters. The Morgan fingerprint density at radius 3 is 2.56 bits per heavy atom.